The number of imidazole rings is 1. The molecule has 1 atom stereocenters. The molecule has 8 nitrogen and oxygen atoms in total. The zero-order valence-corrected chi connectivity index (χ0v) is 20.4. The van der Waals surface area contributed by atoms with Crippen LogP contribution >= 0.6 is 11.6 Å². The number of benzene rings is 1. The van der Waals surface area contributed by atoms with Crippen molar-refractivity contribution in [1.82, 2.24) is 19.8 Å². The van der Waals surface area contributed by atoms with Gasteiger partial charge in [0.1, 0.15) is 11.2 Å². The highest BCUT2D eigenvalue weighted by Crippen LogP contribution is 2.30. The fourth-order valence-electron chi connectivity index (χ4n) is 4.94. The molecule has 1 aromatic heterocycles. The number of nitrogens with zero attached hydrogens (tertiary/aromatic N) is 3. The third-order valence-electron chi connectivity index (χ3n) is 6.96. The number of rotatable bonds is 6. The molecule has 0 unspecified atom stereocenters. The average Bonchev–Trinajstić information content (AvgIpc) is 3.07. The van der Waals surface area contributed by atoms with Gasteiger partial charge in [-0.15, -0.1) is 0 Å². The minimum absolute atomic E-state index is 0.0322. The van der Waals surface area contributed by atoms with Crippen LogP contribution < -0.4 is 5.32 Å². The Labute approximate surface area is 204 Å². The summed E-state index contributed by atoms with van der Waals surface area (Å²) in [5.74, 6) is -1.26. The van der Waals surface area contributed by atoms with E-state index in [4.69, 9.17) is 16.3 Å². The van der Waals surface area contributed by atoms with Gasteiger partial charge in [0.25, 0.3) is 5.91 Å². The van der Waals surface area contributed by atoms with Gasteiger partial charge in [-0.05, 0) is 43.9 Å². The van der Waals surface area contributed by atoms with E-state index in [1.807, 2.05) is 12.1 Å². The number of aromatic nitrogens is 2. The van der Waals surface area contributed by atoms with Crippen molar-refractivity contribution in [2.75, 3.05) is 13.7 Å². The Kier molecular flexibility index (Phi) is 7.26. The van der Waals surface area contributed by atoms with Crippen LogP contribution in [0.15, 0.2) is 30.6 Å². The Morgan fingerprint density at radius 1 is 1.18 bits per heavy atom. The van der Waals surface area contributed by atoms with Crippen molar-refractivity contribution in [3.63, 3.8) is 0 Å². The highest BCUT2D eigenvalue weighted by atomic mass is 35.5. The van der Waals surface area contributed by atoms with E-state index in [1.54, 1.807) is 28.5 Å². The predicted octanol–water partition coefficient (Wildman–Crippen LogP) is 3.62. The molecule has 2 aromatic rings. The number of nitrogens with one attached hydrogen (secondary N) is 1. The molecule has 1 fully saturated rings. The number of carbonyl (C=O) groups is 3. The molecule has 9 heteroatoms. The molecule has 1 N–H and O–H groups in total. The van der Waals surface area contributed by atoms with Gasteiger partial charge < -0.3 is 19.5 Å². The van der Waals surface area contributed by atoms with E-state index in [2.05, 4.69) is 10.3 Å². The minimum Gasteiger partial charge on any atom is -0.464 e. The van der Waals surface area contributed by atoms with Crippen molar-refractivity contribution < 1.29 is 19.1 Å². The van der Waals surface area contributed by atoms with E-state index in [1.165, 1.54) is 26.3 Å². The number of methoxy groups -OCH3 is 1. The second-order valence-electron chi connectivity index (χ2n) is 9.33. The van der Waals surface area contributed by atoms with E-state index in [-0.39, 0.29) is 29.9 Å². The van der Waals surface area contributed by atoms with Gasteiger partial charge in [-0.1, -0.05) is 49.4 Å². The van der Waals surface area contributed by atoms with Crippen LogP contribution in [-0.4, -0.2) is 57.5 Å². The van der Waals surface area contributed by atoms with Gasteiger partial charge in [0, 0.05) is 17.6 Å². The zero-order chi connectivity index (χ0) is 24.3. The first-order valence-electron chi connectivity index (χ1n) is 11.8. The fraction of sp³-hybridized carbons (Fsp3) is 0.520. The summed E-state index contributed by atoms with van der Waals surface area (Å²) < 4.78 is 6.42. The first-order valence-corrected chi connectivity index (χ1v) is 12.2. The number of hydrogen-bond acceptors (Lipinski definition) is 5. The molecule has 2 aliphatic rings. The van der Waals surface area contributed by atoms with E-state index in [9.17, 15) is 14.4 Å². The van der Waals surface area contributed by atoms with Gasteiger partial charge in [-0.2, -0.15) is 0 Å². The second-order valence-corrected chi connectivity index (χ2v) is 9.77. The summed E-state index contributed by atoms with van der Waals surface area (Å²) in [5, 5.41) is 3.86. The number of esters is 1. The molecule has 0 spiro atoms. The summed E-state index contributed by atoms with van der Waals surface area (Å²) in [5.41, 5.74) is -0.00871. The van der Waals surface area contributed by atoms with Crippen molar-refractivity contribution in [2.45, 2.75) is 70.0 Å². The maximum atomic E-state index is 13.7. The highest BCUT2D eigenvalue weighted by molar-refractivity contribution is 6.30. The first kappa shape index (κ1) is 24.3. The Morgan fingerprint density at radius 3 is 2.50 bits per heavy atom. The SMILES string of the molecule is COC(=O)c1ncn2c1C(=O)N(CCc1ccc(Cl)cc1)[C@@](C)(C(=O)NC1CCCCCC1)C2. The van der Waals surface area contributed by atoms with Crippen molar-refractivity contribution in [1.29, 1.82) is 0 Å². The molecule has 4 rings (SSSR count). The number of halogens is 1. The Morgan fingerprint density at radius 2 is 1.85 bits per heavy atom. The number of fused-ring (bicyclic) bond motifs is 1. The van der Waals surface area contributed by atoms with Crippen LogP contribution in [0.5, 0.6) is 0 Å². The fourth-order valence-corrected chi connectivity index (χ4v) is 5.07. The predicted molar refractivity (Wildman–Crippen MR) is 128 cm³/mol. The number of hydrogen-bond donors (Lipinski definition) is 1. The van der Waals surface area contributed by atoms with Crippen LogP contribution in [0.25, 0.3) is 0 Å². The van der Waals surface area contributed by atoms with Gasteiger partial charge in [0.05, 0.1) is 20.0 Å². The Balaban J connectivity index is 1.64. The standard InChI is InChI=1S/C25H31ClN4O4/c1-25(24(33)28-19-7-5-3-4-6-8-19)15-29-16-27-20(23(32)34-2)21(29)22(31)30(25)14-13-17-9-11-18(26)12-10-17/h9-12,16,19H,3-8,13-15H2,1-2H3,(H,28,33)/t25-/m1/s1. The summed E-state index contributed by atoms with van der Waals surface area (Å²) >= 11 is 6.01. The van der Waals surface area contributed by atoms with Crippen molar-refractivity contribution in [2.24, 2.45) is 0 Å². The first-order chi connectivity index (χ1) is 16.3. The molecule has 34 heavy (non-hydrogen) atoms. The molecule has 1 aliphatic carbocycles. The number of carbonyl (C=O) groups excluding carboxylic acids is 3. The number of ether oxygens (including phenoxy) is 1. The summed E-state index contributed by atoms with van der Waals surface area (Å²) in [6, 6.07) is 7.53. The molecule has 0 radical (unpaired) electrons. The molecule has 2 heterocycles. The topological polar surface area (TPSA) is 93.5 Å². The average molecular weight is 487 g/mol. The summed E-state index contributed by atoms with van der Waals surface area (Å²) in [7, 11) is 1.25. The van der Waals surface area contributed by atoms with Crippen LogP contribution in [0.4, 0.5) is 0 Å². The molecule has 0 saturated heterocycles. The quantitative estimate of drug-likeness (QED) is 0.497. The molecular formula is C25H31ClN4O4. The lowest BCUT2D eigenvalue weighted by molar-refractivity contribution is -0.133. The van der Waals surface area contributed by atoms with Crippen molar-refractivity contribution >= 4 is 29.4 Å². The smallest absolute Gasteiger partial charge is 0.359 e. The summed E-state index contributed by atoms with van der Waals surface area (Å²) in [6.45, 7) is 2.30. The Bertz CT molecular complexity index is 1060. The monoisotopic (exact) mass is 486 g/mol. The second kappa shape index (κ2) is 10.2. The van der Waals surface area contributed by atoms with Gasteiger partial charge >= 0.3 is 5.97 Å². The third-order valence-corrected chi connectivity index (χ3v) is 7.21. The lowest BCUT2D eigenvalue weighted by atomic mass is 9.92. The molecule has 1 saturated carbocycles. The van der Waals surface area contributed by atoms with Crippen LogP contribution in [0.2, 0.25) is 5.02 Å². The molecule has 0 bridgehead atoms. The molecule has 1 aromatic carbocycles. The summed E-state index contributed by atoms with van der Waals surface area (Å²) in [6.07, 6.45) is 8.43. The normalized spacial score (nSPS) is 21.0. The van der Waals surface area contributed by atoms with Gasteiger partial charge in [-0.3, -0.25) is 9.59 Å². The lowest BCUT2D eigenvalue weighted by Crippen LogP contribution is -2.65. The van der Waals surface area contributed by atoms with Gasteiger partial charge in [0.15, 0.2) is 5.69 Å². The Hall–Kier alpha value is -2.87. The molecule has 1 aliphatic heterocycles. The van der Waals surface area contributed by atoms with Crippen LogP contribution in [-0.2, 0) is 22.5 Å². The van der Waals surface area contributed by atoms with Crippen LogP contribution in [0, 0.1) is 0 Å². The lowest BCUT2D eigenvalue weighted by Gasteiger charge is -2.44. The van der Waals surface area contributed by atoms with E-state index >= 15 is 0 Å². The zero-order valence-electron chi connectivity index (χ0n) is 19.7. The maximum absolute atomic E-state index is 13.7. The van der Waals surface area contributed by atoms with Crippen LogP contribution in [0.1, 0.15) is 72.0 Å². The van der Waals surface area contributed by atoms with E-state index in [0.29, 0.717) is 18.0 Å². The third kappa shape index (κ3) is 4.82. The molecule has 2 amide bonds. The highest BCUT2D eigenvalue weighted by Gasteiger charge is 2.49. The largest absolute Gasteiger partial charge is 0.464 e. The summed E-state index contributed by atoms with van der Waals surface area (Å²) in [4.78, 5) is 45.3. The van der Waals surface area contributed by atoms with Crippen molar-refractivity contribution in [3.05, 3.63) is 52.6 Å². The van der Waals surface area contributed by atoms with Crippen LogP contribution in [0.3, 0.4) is 0 Å². The van der Waals surface area contributed by atoms with E-state index in [0.717, 1.165) is 31.2 Å². The molecular weight excluding hydrogens is 456 g/mol. The van der Waals surface area contributed by atoms with Gasteiger partial charge in [-0.25, -0.2) is 9.78 Å². The number of amides is 2. The molecule has 182 valence electrons. The maximum Gasteiger partial charge on any atom is 0.359 e. The minimum atomic E-state index is -1.13. The van der Waals surface area contributed by atoms with Gasteiger partial charge in [0.2, 0.25) is 5.91 Å². The van der Waals surface area contributed by atoms with Crippen molar-refractivity contribution in [3.8, 4) is 0 Å². The van der Waals surface area contributed by atoms with E-state index < -0.39 is 17.4 Å².